The lowest BCUT2D eigenvalue weighted by Gasteiger charge is -2.32. The van der Waals surface area contributed by atoms with Crippen molar-refractivity contribution in [3.05, 3.63) is 35.1 Å². The number of benzene rings is 1. The molecule has 0 N–H and O–H groups in total. The summed E-state index contributed by atoms with van der Waals surface area (Å²) in [6.45, 7) is 2.28. The van der Waals surface area contributed by atoms with Gasteiger partial charge in [-0.05, 0) is 67.1 Å². The maximum absolute atomic E-state index is 13.5. The zero-order valence-electron chi connectivity index (χ0n) is 18.9. The molecule has 0 aliphatic heterocycles. The average Bonchev–Trinajstić information content (AvgIpc) is 2.77. The Morgan fingerprint density at radius 2 is 1.10 bits per heavy atom. The summed E-state index contributed by atoms with van der Waals surface area (Å²) in [4.78, 5) is 0. The Hall–Kier alpha value is -0.990. The summed E-state index contributed by atoms with van der Waals surface area (Å²) in [6.07, 6.45) is 21.0. The highest BCUT2D eigenvalue weighted by molar-refractivity contribution is 5.23. The Morgan fingerprint density at radius 3 is 1.63 bits per heavy atom. The summed E-state index contributed by atoms with van der Waals surface area (Å²) in [5.74, 6) is -0.619. The van der Waals surface area contributed by atoms with Crippen LogP contribution in [0.3, 0.4) is 0 Å². The summed E-state index contributed by atoms with van der Waals surface area (Å²) in [7, 11) is 0. The van der Waals surface area contributed by atoms with Crippen LogP contribution in [0.4, 0.5) is 13.2 Å². The van der Waals surface area contributed by atoms with Crippen molar-refractivity contribution in [2.24, 2.45) is 17.8 Å². The molecule has 2 fully saturated rings. The van der Waals surface area contributed by atoms with Gasteiger partial charge in [-0.1, -0.05) is 84.0 Å². The van der Waals surface area contributed by atoms with Crippen LogP contribution in [0.1, 0.15) is 121 Å². The summed E-state index contributed by atoms with van der Waals surface area (Å²) in [5, 5.41) is 0. The topological polar surface area (TPSA) is 0 Å². The first-order valence-electron chi connectivity index (χ1n) is 12.7. The Morgan fingerprint density at radius 1 is 0.633 bits per heavy atom. The molecule has 170 valence electrons. The minimum Gasteiger partial charge on any atom is -0.204 e. The first-order chi connectivity index (χ1) is 14.6. The van der Waals surface area contributed by atoms with Crippen molar-refractivity contribution in [1.29, 1.82) is 0 Å². The third-order valence-corrected chi connectivity index (χ3v) is 7.99. The molecule has 30 heavy (non-hydrogen) atoms. The molecule has 1 aromatic rings. The molecule has 0 unspecified atom stereocenters. The van der Waals surface area contributed by atoms with Crippen molar-refractivity contribution in [3.8, 4) is 0 Å². The second-order valence-corrected chi connectivity index (χ2v) is 10.2. The van der Waals surface area contributed by atoms with Crippen LogP contribution in [0.25, 0.3) is 0 Å². The van der Waals surface area contributed by atoms with Crippen molar-refractivity contribution >= 4 is 0 Å². The molecule has 0 amide bonds. The highest BCUT2D eigenvalue weighted by Crippen LogP contribution is 2.40. The molecule has 1 aromatic carbocycles. The summed E-state index contributed by atoms with van der Waals surface area (Å²) in [5.41, 5.74) is 0.637. The van der Waals surface area contributed by atoms with Gasteiger partial charge in [0.2, 0.25) is 0 Å². The molecule has 0 spiro atoms. The molecule has 0 nitrogen and oxygen atoms in total. The van der Waals surface area contributed by atoms with Crippen LogP contribution in [0.2, 0.25) is 0 Å². The van der Waals surface area contributed by atoms with Crippen molar-refractivity contribution in [1.82, 2.24) is 0 Å². The number of halogens is 3. The zero-order chi connectivity index (χ0) is 21.3. The fraction of sp³-hybridized carbons (Fsp3) is 0.778. The van der Waals surface area contributed by atoms with Crippen LogP contribution in [0, 0.1) is 35.2 Å². The number of rotatable bonds is 10. The van der Waals surface area contributed by atoms with Crippen LogP contribution in [0.5, 0.6) is 0 Å². The van der Waals surface area contributed by atoms with Crippen LogP contribution < -0.4 is 0 Å². The van der Waals surface area contributed by atoms with Crippen LogP contribution in [-0.2, 0) is 0 Å². The third-order valence-electron chi connectivity index (χ3n) is 7.99. The van der Waals surface area contributed by atoms with Gasteiger partial charge in [-0.3, -0.25) is 0 Å². The van der Waals surface area contributed by atoms with Gasteiger partial charge >= 0.3 is 0 Å². The first-order valence-corrected chi connectivity index (χ1v) is 12.7. The molecular formula is C27H41F3. The van der Waals surface area contributed by atoms with E-state index in [9.17, 15) is 13.2 Å². The summed E-state index contributed by atoms with van der Waals surface area (Å²) >= 11 is 0. The third kappa shape index (κ3) is 7.02. The summed E-state index contributed by atoms with van der Waals surface area (Å²) in [6, 6.07) is 2.40. The standard InChI is InChI=1S/C27H41F3/c1-2-3-4-5-6-7-20-8-10-21(11-9-20)12-13-22-14-16-23(17-15-22)24-18-25(28)27(30)26(29)19-24/h18-23H,2-17H2,1H3/t20-,21-,22-,23-. The van der Waals surface area contributed by atoms with E-state index >= 15 is 0 Å². The Balaban J connectivity index is 1.30. The van der Waals surface area contributed by atoms with Gasteiger partial charge in [0.1, 0.15) is 0 Å². The summed E-state index contributed by atoms with van der Waals surface area (Å²) < 4.78 is 40.3. The molecule has 0 atom stereocenters. The normalized spacial score (nSPS) is 27.3. The molecular weight excluding hydrogens is 381 g/mol. The molecule has 0 heterocycles. The molecule has 2 aliphatic rings. The largest absolute Gasteiger partial charge is 0.204 e. The molecule has 0 aromatic heterocycles. The maximum Gasteiger partial charge on any atom is 0.194 e. The predicted molar refractivity (Wildman–Crippen MR) is 119 cm³/mol. The monoisotopic (exact) mass is 422 g/mol. The zero-order valence-corrected chi connectivity index (χ0v) is 18.9. The minimum atomic E-state index is -1.35. The fourth-order valence-corrected chi connectivity index (χ4v) is 5.91. The quantitative estimate of drug-likeness (QED) is 0.260. The van der Waals surface area contributed by atoms with Gasteiger partial charge in [-0.2, -0.15) is 0 Å². The molecule has 2 aliphatic carbocycles. The second kappa shape index (κ2) is 12.2. The molecule has 3 rings (SSSR count). The van der Waals surface area contributed by atoms with Gasteiger partial charge in [0.15, 0.2) is 17.5 Å². The van der Waals surface area contributed by atoms with E-state index in [0.717, 1.165) is 43.4 Å². The Bertz CT molecular complexity index is 602. The van der Waals surface area contributed by atoms with Crippen molar-refractivity contribution in [3.63, 3.8) is 0 Å². The average molecular weight is 423 g/mol. The van der Waals surface area contributed by atoms with E-state index in [2.05, 4.69) is 6.92 Å². The Kier molecular flexibility index (Phi) is 9.59. The van der Waals surface area contributed by atoms with Gasteiger partial charge in [-0.25, -0.2) is 13.2 Å². The molecule has 2 saturated carbocycles. The number of hydrogen-bond acceptors (Lipinski definition) is 0. The van der Waals surface area contributed by atoms with Crippen molar-refractivity contribution < 1.29 is 13.2 Å². The van der Waals surface area contributed by atoms with Gasteiger partial charge in [0.05, 0.1) is 0 Å². The van der Waals surface area contributed by atoms with E-state index in [-0.39, 0.29) is 5.92 Å². The number of hydrogen-bond donors (Lipinski definition) is 0. The first kappa shape index (κ1) is 23.7. The van der Waals surface area contributed by atoms with Gasteiger partial charge < -0.3 is 0 Å². The van der Waals surface area contributed by atoms with E-state index in [1.807, 2.05) is 0 Å². The van der Waals surface area contributed by atoms with Gasteiger partial charge in [-0.15, -0.1) is 0 Å². The van der Waals surface area contributed by atoms with Crippen LogP contribution in [0.15, 0.2) is 12.1 Å². The molecule has 0 radical (unpaired) electrons. The lowest BCUT2D eigenvalue weighted by molar-refractivity contribution is 0.222. The van der Waals surface area contributed by atoms with Gasteiger partial charge in [0.25, 0.3) is 0 Å². The smallest absolute Gasteiger partial charge is 0.194 e. The number of unbranched alkanes of at least 4 members (excludes halogenated alkanes) is 4. The van der Waals surface area contributed by atoms with Crippen LogP contribution in [-0.4, -0.2) is 0 Å². The molecule has 0 bridgehead atoms. The van der Waals surface area contributed by atoms with E-state index in [1.165, 1.54) is 89.2 Å². The second-order valence-electron chi connectivity index (χ2n) is 10.2. The Labute approximate surface area is 182 Å². The van der Waals surface area contributed by atoms with Crippen molar-refractivity contribution in [2.45, 2.75) is 116 Å². The highest BCUT2D eigenvalue weighted by Gasteiger charge is 2.26. The van der Waals surface area contributed by atoms with Gasteiger partial charge in [0, 0.05) is 0 Å². The predicted octanol–water partition coefficient (Wildman–Crippen LogP) is 9.32. The molecule has 0 saturated heterocycles. The van der Waals surface area contributed by atoms with E-state index in [1.54, 1.807) is 0 Å². The van der Waals surface area contributed by atoms with Crippen LogP contribution >= 0.6 is 0 Å². The maximum atomic E-state index is 13.5. The van der Waals surface area contributed by atoms with E-state index < -0.39 is 17.5 Å². The van der Waals surface area contributed by atoms with E-state index in [4.69, 9.17) is 0 Å². The SMILES string of the molecule is CCCCCCC[C@H]1CC[C@H](CC[C@H]2CC[C@H](c3cc(F)c(F)c(F)c3)CC2)CC1. The van der Waals surface area contributed by atoms with E-state index in [0.29, 0.717) is 5.56 Å². The lowest BCUT2D eigenvalue weighted by atomic mass is 9.74. The fourth-order valence-electron chi connectivity index (χ4n) is 5.91. The lowest BCUT2D eigenvalue weighted by Crippen LogP contribution is -2.18. The highest BCUT2D eigenvalue weighted by atomic mass is 19.2. The minimum absolute atomic E-state index is 0.179. The molecule has 3 heteroatoms. The van der Waals surface area contributed by atoms with Crippen molar-refractivity contribution in [2.75, 3.05) is 0 Å².